The third-order valence-electron chi connectivity index (χ3n) is 1.98. The topological polar surface area (TPSA) is 24.9 Å². The number of nitrogens with zero attached hydrogens (tertiary/aromatic N) is 1. The van der Waals surface area contributed by atoms with Gasteiger partial charge in [-0.05, 0) is 18.6 Å². The average Bonchev–Trinajstić information content (AvgIpc) is 2.86. The number of aromatic nitrogens is 1. The summed E-state index contributed by atoms with van der Waals surface area (Å²) in [5.41, 5.74) is 1.09. The highest BCUT2D eigenvalue weighted by Gasteiger charge is 2.05. The lowest BCUT2D eigenvalue weighted by Gasteiger charge is -1.89. The van der Waals surface area contributed by atoms with Gasteiger partial charge in [0, 0.05) is 17.3 Å². The molecule has 0 saturated heterocycles. The smallest absolute Gasteiger partial charge is 0.182 e. The summed E-state index contributed by atoms with van der Waals surface area (Å²) in [6.45, 7) is 2.18. The molecule has 0 fully saturated rings. The first kappa shape index (κ1) is 9.68. The van der Waals surface area contributed by atoms with E-state index < -0.39 is 0 Å². The first-order chi connectivity index (χ1) is 6.83. The van der Waals surface area contributed by atoms with Gasteiger partial charge in [0.05, 0.1) is 10.6 Å². The van der Waals surface area contributed by atoms with Crippen molar-refractivity contribution in [3.8, 4) is 10.6 Å². The zero-order valence-electron chi connectivity index (χ0n) is 8.20. The molecule has 2 nitrogen and oxygen atoms in total. The van der Waals surface area contributed by atoms with Gasteiger partial charge in [-0.1, -0.05) is 6.92 Å². The number of hydrogen-bond acceptors (Lipinski definition) is 4. The lowest BCUT2D eigenvalue weighted by Crippen LogP contribution is -1.84. The summed E-state index contributed by atoms with van der Waals surface area (Å²) in [6, 6.07) is 4.33. The summed E-state index contributed by atoms with van der Waals surface area (Å²) in [7, 11) is 1.90. The van der Waals surface area contributed by atoms with Gasteiger partial charge in [0.15, 0.2) is 5.13 Å². The van der Waals surface area contributed by atoms with Gasteiger partial charge in [0.25, 0.3) is 0 Å². The third kappa shape index (κ3) is 1.81. The van der Waals surface area contributed by atoms with Gasteiger partial charge in [0.2, 0.25) is 0 Å². The van der Waals surface area contributed by atoms with Crippen LogP contribution in [-0.4, -0.2) is 12.0 Å². The molecule has 0 amide bonds. The average molecular weight is 224 g/mol. The Labute approximate surface area is 91.6 Å². The summed E-state index contributed by atoms with van der Waals surface area (Å²) >= 11 is 3.47. The molecule has 2 aromatic heterocycles. The highest BCUT2D eigenvalue weighted by atomic mass is 32.1. The van der Waals surface area contributed by atoms with Gasteiger partial charge in [0.1, 0.15) is 0 Å². The fourth-order valence-corrected chi connectivity index (χ4v) is 2.86. The summed E-state index contributed by atoms with van der Waals surface area (Å²) in [5, 5.41) is 6.12. The molecule has 0 saturated carbocycles. The predicted molar refractivity (Wildman–Crippen MR) is 64.4 cm³/mol. The Morgan fingerprint density at radius 2 is 2.29 bits per heavy atom. The number of anilines is 1. The van der Waals surface area contributed by atoms with Crippen molar-refractivity contribution >= 4 is 27.8 Å². The molecule has 4 heteroatoms. The van der Waals surface area contributed by atoms with Crippen LogP contribution in [0.25, 0.3) is 10.6 Å². The van der Waals surface area contributed by atoms with Crippen LogP contribution >= 0.6 is 22.7 Å². The van der Waals surface area contributed by atoms with Crippen LogP contribution in [0.3, 0.4) is 0 Å². The Bertz CT molecular complexity index is 377. The molecule has 0 aromatic carbocycles. The second kappa shape index (κ2) is 4.11. The molecular weight excluding hydrogens is 212 g/mol. The predicted octanol–water partition coefficient (Wildman–Crippen LogP) is 3.48. The van der Waals surface area contributed by atoms with E-state index >= 15 is 0 Å². The Kier molecular flexibility index (Phi) is 2.84. The zero-order valence-corrected chi connectivity index (χ0v) is 9.84. The molecule has 0 unspecified atom stereocenters. The minimum absolute atomic E-state index is 0.978. The lowest BCUT2D eigenvalue weighted by molar-refractivity contribution is 1.19. The second-order valence-electron chi connectivity index (χ2n) is 2.91. The molecule has 0 bridgehead atoms. The molecule has 0 radical (unpaired) electrons. The quantitative estimate of drug-likeness (QED) is 0.863. The van der Waals surface area contributed by atoms with Crippen molar-refractivity contribution in [2.24, 2.45) is 0 Å². The lowest BCUT2D eigenvalue weighted by atomic mass is 10.3. The van der Waals surface area contributed by atoms with Crippen molar-refractivity contribution in [1.82, 2.24) is 4.98 Å². The molecule has 2 heterocycles. The molecule has 74 valence electrons. The van der Waals surface area contributed by atoms with E-state index in [1.165, 1.54) is 9.75 Å². The van der Waals surface area contributed by atoms with Gasteiger partial charge in [-0.3, -0.25) is 0 Å². The van der Waals surface area contributed by atoms with E-state index in [1.54, 1.807) is 11.3 Å². The standard InChI is InChI=1S/C10H12N2S2/c1-3-7-4-5-9(14-7)8-6-13-10(11-2)12-8/h4-6H,3H2,1-2H3,(H,11,12). The highest BCUT2D eigenvalue weighted by Crippen LogP contribution is 2.30. The van der Waals surface area contributed by atoms with Crippen molar-refractivity contribution in [2.75, 3.05) is 12.4 Å². The summed E-state index contributed by atoms with van der Waals surface area (Å²) in [6.07, 6.45) is 1.10. The number of thiophene rings is 1. The van der Waals surface area contributed by atoms with Gasteiger partial charge in [-0.25, -0.2) is 4.98 Å². The molecule has 0 spiro atoms. The van der Waals surface area contributed by atoms with Crippen LogP contribution in [0, 0.1) is 0 Å². The van der Waals surface area contributed by atoms with Crippen LogP contribution in [0.15, 0.2) is 17.5 Å². The van der Waals surface area contributed by atoms with Crippen molar-refractivity contribution in [3.05, 3.63) is 22.4 Å². The fraction of sp³-hybridized carbons (Fsp3) is 0.300. The van der Waals surface area contributed by atoms with Crippen LogP contribution in [0.2, 0.25) is 0 Å². The largest absolute Gasteiger partial charge is 0.365 e. The minimum Gasteiger partial charge on any atom is -0.365 e. The number of rotatable bonds is 3. The molecule has 1 N–H and O–H groups in total. The molecule has 0 aliphatic rings. The molecule has 0 aliphatic heterocycles. The van der Waals surface area contributed by atoms with Gasteiger partial charge in [-0.15, -0.1) is 22.7 Å². The van der Waals surface area contributed by atoms with Crippen molar-refractivity contribution in [3.63, 3.8) is 0 Å². The SMILES string of the molecule is CCc1ccc(-c2csc(NC)n2)s1. The first-order valence-corrected chi connectivity index (χ1v) is 6.25. The van der Waals surface area contributed by atoms with Crippen LogP contribution < -0.4 is 5.32 Å². The normalized spacial score (nSPS) is 10.4. The maximum atomic E-state index is 4.46. The number of aryl methyl sites for hydroxylation is 1. The Hall–Kier alpha value is -0.870. The molecule has 2 aromatic rings. The summed E-state index contributed by atoms with van der Waals surface area (Å²) in [4.78, 5) is 7.14. The van der Waals surface area contributed by atoms with Gasteiger partial charge in [-0.2, -0.15) is 0 Å². The minimum atomic E-state index is 0.978. The molecule has 14 heavy (non-hydrogen) atoms. The zero-order chi connectivity index (χ0) is 9.97. The summed E-state index contributed by atoms with van der Waals surface area (Å²) in [5.74, 6) is 0. The van der Waals surface area contributed by atoms with Gasteiger partial charge >= 0.3 is 0 Å². The Balaban J connectivity index is 2.29. The van der Waals surface area contributed by atoms with E-state index in [4.69, 9.17) is 0 Å². The fourth-order valence-electron chi connectivity index (χ4n) is 1.21. The van der Waals surface area contributed by atoms with E-state index in [0.29, 0.717) is 0 Å². The highest BCUT2D eigenvalue weighted by molar-refractivity contribution is 7.17. The molecular formula is C10H12N2S2. The number of thiazole rings is 1. The van der Waals surface area contributed by atoms with E-state index in [1.807, 2.05) is 18.4 Å². The van der Waals surface area contributed by atoms with Crippen molar-refractivity contribution in [1.29, 1.82) is 0 Å². The maximum absolute atomic E-state index is 4.46. The third-order valence-corrected chi connectivity index (χ3v) is 4.09. The molecule has 0 aliphatic carbocycles. The van der Waals surface area contributed by atoms with Crippen LogP contribution in [0.5, 0.6) is 0 Å². The Morgan fingerprint density at radius 1 is 1.43 bits per heavy atom. The van der Waals surface area contributed by atoms with Crippen LogP contribution in [0.1, 0.15) is 11.8 Å². The number of nitrogens with one attached hydrogen (secondary N) is 1. The van der Waals surface area contributed by atoms with Crippen molar-refractivity contribution in [2.45, 2.75) is 13.3 Å². The number of hydrogen-bond donors (Lipinski definition) is 1. The van der Waals surface area contributed by atoms with Crippen molar-refractivity contribution < 1.29 is 0 Å². The Morgan fingerprint density at radius 3 is 2.86 bits per heavy atom. The van der Waals surface area contributed by atoms with E-state index in [9.17, 15) is 0 Å². The first-order valence-electron chi connectivity index (χ1n) is 4.56. The monoisotopic (exact) mass is 224 g/mol. The molecule has 2 rings (SSSR count). The van der Waals surface area contributed by atoms with E-state index in [2.05, 4.69) is 34.7 Å². The summed E-state index contributed by atoms with van der Waals surface area (Å²) < 4.78 is 0. The van der Waals surface area contributed by atoms with E-state index in [0.717, 1.165) is 17.2 Å². The van der Waals surface area contributed by atoms with E-state index in [-0.39, 0.29) is 0 Å². The van der Waals surface area contributed by atoms with Crippen LogP contribution in [0.4, 0.5) is 5.13 Å². The second-order valence-corrected chi connectivity index (χ2v) is 4.93. The van der Waals surface area contributed by atoms with Gasteiger partial charge < -0.3 is 5.32 Å². The maximum Gasteiger partial charge on any atom is 0.182 e. The molecule has 0 atom stereocenters. The van der Waals surface area contributed by atoms with Crippen LogP contribution in [-0.2, 0) is 6.42 Å².